The zero-order valence-electron chi connectivity index (χ0n) is 21.6. The molecule has 2 nitrogen and oxygen atoms in total. The van der Waals surface area contributed by atoms with E-state index >= 15 is 0 Å². The van der Waals surface area contributed by atoms with Gasteiger partial charge >= 0.3 is 0 Å². The number of halogens is 2. The van der Waals surface area contributed by atoms with Gasteiger partial charge in [-0.3, -0.25) is 0 Å². The van der Waals surface area contributed by atoms with Crippen molar-refractivity contribution in [3.63, 3.8) is 0 Å². The molecule has 1 heterocycles. The molecule has 0 N–H and O–H groups in total. The summed E-state index contributed by atoms with van der Waals surface area (Å²) in [4.78, 5) is 0. The maximum atomic E-state index is 7.06. The van der Waals surface area contributed by atoms with Crippen LogP contribution in [0.2, 0.25) is 5.04 Å². The standard InChI is InChI=1S/C30H40Br2O2Si/c1-24(23-26-15-11-14-25(34-26)20-21-29(31)32)13-12-22-33-35(30(2,3)4,27-16-7-5-8-17-27)28-18-9-6-10-19-28/h5-11,14,16-19,21,24-26H,12-13,15,20,22-23H2,1-4H3. The van der Waals surface area contributed by atoms with Gasteiger partial charge in [0.1, 0.15) is 0 Å². The van der Waals surface area contributed by atoms with Crippen molar-refractivity contribution in [1.82, 2.24) is 0 Å². The number of rotatable bonds is 11. The second-order valence-corrected chi connectivity index (χ2v) is 17.8. The van der Waals surface area contributed by atoms with Gasteiger partial charge < -0.3 is 9.16 Å². The van der Waals surface area contributed by atoms with Crippen LogP contribution in [0, 0.1) is 5.92 Å². The average molecular weight is 621 g/mol. The Bertz CT molecular complexity index is 910. The van der Waals surface area contributed by atoms with E-state index in [-0.39, 0.29) is 11.1 Å². The van der Waals surface area contributed by atoms with Crippen molar-refractivity contribution in [2.45, 2.75) is 77.0 Å². The van der Waals surface area contributed by atoms with E-state index in [1.54, 1.807) is 0 Å². The van der Waals surface area contributed by atoms with Crippen LogP contribution in [0.3, 0.4) is 0 Å². The summed E-state index contributed by atoms with van der Waals surface area (Å²) < 4.78 is 14.4. The van der Waals surface area contributed by atoms with E-state index in [0.717, 1.165) is 42.1 Å². The molecule has 0 saturated carbocycles. The Morgan fingerprint density at radius 1 is 1.06 bits per heavy atom. The van der Waals surface area contributed by atoms with Gasteiger partial charge in [0.05, 0.1) is 15.6 Å². The SMILES string of the molecule is CC(CCCO[Si](c1ccccc1)(c1ccccc1)C(C)(C)C)CC1CC=CC(CC=C(Br)Br)O1. The molecule has 0 saturated heterocycles. The smallest absolute Gasteiger partial charge is 0.261 e. The molecule has 190 valence electrons. The molecule has 0 aromatic heterocycles. The van der Waals surface area contributed by atoms with Crippen LogP contribution in [0.5, 0.6) is 0 Å². The molecule has 0 fully saturated rings. The molecule has 3 rings (SSSR count). The Hall–Kier alpha value is -0.983. The molecule has 1 aliphatic heterocycles. The Kier molecular flexibility index (Phi) is 11.0. The topological polar surface area (TPSA) is 18.5 Å². The van der Waals surface area contributed by atoms with Crippen LogP contribution in [0.1, 0.15) is 59.8 Å². The molecule has 0 amide bonds. The second-order valence-electron chi connectivity index (χ2n) is 10.7. The van der Waals surface area contributed by atoms with Gasteiger partial charge in [-0.25, -0.2) is 0 Å². The molecule has 0 aliphatic carbocycles. The highest BCUT2D eigenvalue weighted by Crippen LogP contribution is 2.37. The predicted molar refractivity (Wildman–Crippen MR) is 160 cm³/mol. The first-order chi connectivity index (χ1) is 16.7. The lowest BCUT2D eigenvalue weighted by atomic mass is 9.95. The summed E-state index contributed by atoms with van der Waals surface area (Å²) in [5.74, 6) is 0.605. The zero-order chi connectivity index (χ0) is 25.3. The summed E-state index contributed by atoms with van der Waals surface area (Å²) in [6.45, 7) is 10.2. The Labute approximate surface area is 230 Å². The lowest BCUT2D eigenvalue weighted by Gasteiger charge is -2.43. The van der Waals surface area contributed by atoms with Gasteiger partial charge in [0, 0.05) is 6.61 Å². The van der Waals surface area contributed by atoms with E-state index < -0.39 is 8.32 Å². The van der Waals surface area contributed by atoms with Crippen molar-refractivity contribution in [1.29, 1.82) is 0 Å². The predicted octanol–water partition coefficient (Wildman–Crippen LogP) is 8.10. The normalized spacial score (nSPS) is 19.4. The zero-order valence-corrected chi connectivity index (χ0v) is 25.7. The summed E-state index contributed by atoms with van der Waals surface area (Å²) in [5.41, 5.74) is 0. The molecule has 0 bridgehead atoms. The van der Waals surface area contributed by atoms with Crippen molar-refractivity contribution in [3.8, 4) is 0 Å². The third kappa shape index (κ3) is 8.00. The van der Waals surface area contributed by atoms with Crippen LogP contribution in [0.15, 0.2) is 82.3 Å². The van der Waals surface area contributed by atoms with Gasteiger partial charge in [-0.1, -0.05) is 107 Å². The van der Waals surface area contributed by atoms with E-state index in [9.17, 15) is 0 Å². The van der Waals surface area contributed by atoms with Crippen LogP contribution in [0.4, 0.5) is 0 Å². The van der Waals surface area contributed by atoms with Gasteiger partial charge in [-0.2, -0.15) is 0 Å². The van der Waals surface area contributed by atoms with Crippen LogP contribution in [-0.4, -0.2) is 27.1 Å². The quantitative estimate of drug-likeness (QED) is 0.144. The molecule has 2 aromatic rings. The molecule has 0 radical (unpaired) electrons. The lowest BCUT2D eigenvalue weighted by molar-refractivity contribution is -0.00513. The van der Waals surface area contributed by atoms with Crippen LogP contribution in [-0.2, 0) is 9.16 Å². The van der Waals surface area contributed by atoms with Crippen molar-refractivity contribution in [3.05, 3.63) is 82.3 Å². The van der Waals surface area contributed by atoms with Crippen molar-refractivity contribution in [2.75, 3.05) is 6.61 Å². The van der Waals surface area contributed by atoms with Gasteiger partial charge in [0.15, 0.2) is 0 Å². The van der Waals surface area contributed by atoms with E-state index in [1.165, 1.54) is 10.4 Å². The van der Waals surface area contributed by atoms with Crippen molar-refractivity contribution in [2.24, 2.45) is 5.92 Å². The summed E-state index contributed by atoms with van der Waals surface area (Å²) in [7, 11) is -2.44. The maximum absolute atomic E-state index is 7.06. The molecule has 1 aliphatic rings. The third-order valence-electron chi connectivity index (χ3n) is 6.86. The highest BCUT2D eigenvalue weighted by Gasteiger charge is 2.49. The average Bonchev–Trinajstić information content (AvgIpc) is 2.83. The van der Waals surface area contributed by atoms with Gasteiger partial charge in [-0.05, 0) is 85.3 Å². The highest BCUT2D eigenvalue weighted by atomic mass is 79.9. The summed E-state index contributed by atoms with van der Waals surface area (Å²) in [6, 6.07) is 21.8. The Balaban J connectivity index is 1.61. The first-order valence-electron chi connectivity index (χ1n) is 12.8. The van der Waals surface area contributed by atoms with Gasteiger partial charge in [0.25, 0.3) is 8.32 Å². The summed E-state index contributed by atoms with van der Waals surface area (Å²) in [5, 5.41) is 2.73. The van der Waals surface area contributed by atoms with Gasteiger partial charge in [-0.15, -0.1) is 0 Å². The largest absolute Gasteiger partial charge is 0.407 e. The fraction of sp³-hybridized carbons (Fsp3) is 0.467. The molecule has 0 spiro atoms. The van der Waals surface area contributed by atoms with Crippen molar-refractivity contribution >= 4 is 50.6 Å². The minimum absolute atomic E-state index is 0.0250. The number of hydrogen-bond donors (Lipinski definition) is 0. The van der Waals surface area contributed by atoms with Crippen LogP contribution >= 0.6 is 31.9 Å². The molecular weight excluding hydrogens is 580 g/mol. The lowest BCUT2D eigenvalue weighted by Crippen LogP contribution is -2.66. The Morgan fingerprint density at radius 3 is 2.20 bits per heavy atom. The summed E-state index contributed by atoms with van der Waals surface area (Å²) in [6.07, 6.45) is 12.3. The first-order valence-corrected chi connectivity index (χ1v) is 16.3. The minimum atomic E-state index is -2.44. The number of benzene rings is 2. The fourth-order valence-corrected chi connectivity index (χ4v) is 10.2. The number of ether oxygens (including phenoxy) is 1. The fourth-order valence-electron chi connectivity index (χ4n) is 5.21. The molecule has 5 heteroatoms. The van der Waals surface area contributed by atoms with E-state index in [0.29, 0.717) is 12.0 Å². The molecule has 3 unspecified atom stereocenters. The van der Waals surface area contributed by atoms with E-state index in [2.05, 4.69) is 138 Å². The van der Waals surface area contributed by atoms with Crippen molar-refractivity contribution < 1.29 is 9.16 Å². The first kappa shape index (κ1) is 28.6. The molecular formula is C30H40Br2O2Si. The monoisotopic (exact) mass is 618 g/mol. The number of hydrogen-bond acceptors (Lipinski definition) is 2. The van der Waals surface area contributed by atoms with Gasteiger partial charge in [0.2, 0.25) is 0 Å². The summed E-state index contributed by atoms with van der Waals surface area (Å²) >= 11 is 6.87. The second kappa shape index (κ2) is 13.5. The third-order valence-corrected chi connectivity index (χ3v) is 12.6. The van der Waals surface area contributed by atoms with E-state index in [4.69, 9.17) is 9.16 Å². The molecule has 3 atom stereocenters. The van der Waals surface area contributed by atoms with E-state index in [1.807, 2.05) is 0 Å². The highest BCUT2D eigenvalue weighted by molar-refractivity contribution is 9.28. The van der Waals surface area contributed by atoms with Crippen LogP contribution < -0.4 is 10.4 Å². The minimum Gasteiger partial charge on any atom is -0.407 e. The molecule has 2 aromatic carbocycles. The van der Waals surface area contributed by atoms with Crippen LogP contribution in [0.25, 0.3) is 0 Å². The maximum Gasteiger partial charge on any atom is 0.261 e. The molecule has 35 heavy (non-hydrogen) atoms. The Morgan fingerprint density at radius 2 is 1.66 bits per heavy atom.